The van der Waals surface area contributed by atoms with Crippen LogP contribution in [-0.4, -0.2) is 52.3 Å². The fraction of sp³-hybridized carbons (Fsp3) is 0.500. The van der Waals surface area contributed by atoms with Crippen molar-refractivity contribution in [3.05, 3.63) is 29.1 Å². The highest BCUT2D eigenvalue weighted by Crippen LogP contribution is 2.27. The standard InChI is InChI=1S/C16H22N4O3/c1-9(2)16(3)15(23)18-13(19-16)12-11(14(21)22)6-10(7-17-12)8-20(4)5/h6-7,9H,8H2,1-5H3,(H,21,22)(H,18,19,23). The molecule has 2 heterocycles. The van der Waals surface area contributed by atoms with E-state index in [4.69, 9.17) is 0 Å². The van der Waals surface area contributed by atoms with Crippen molar-refractivity contribution in [3.63, 3.8) is 0 Å². The zero-order chi connectivity index (χ0) is 17.4. The number of aliphatic imine (C=N–C) groups is 1. The lowest BCUT2D eigenvalue weighted by Gasteiger charge is -2.21. The van der Waals surface area contributed by atoms with Gasteiger partial charge >= 0.3 is 5.97 Å². The molecule has 0 aliphatic carbocycles. The lowest BCUT2D eigenvalue weighted by molar-refractivity contribution is -0.124. The molecule has 124 valence electrons. The second-order valence-electron chi connectivity index (χ2n) is 6.50. The summed E-state index contributed by atoms with van der Waals surface area (Å²) >= 11 is 0. The van der Waals surface area contributed by atoms with Crippen molar-refractivity contribution in [2.24, 2.45) is 10.9 Å². The molecule has 1 atom stereocenters. The maximum absolute atomic E-state index is 12.2. The van der Waals surface area contributed by atoms with E-state index in [1.807, 2.05) is 32.8 Å². The van der Waals surface area contributed by atoms with Crippen molar-refractivity contribution in [3.8, 4) is 0 Å². The van der Waals surface area contributed by atoms with Crippen LogP contribution in [0.2, 0.25) is 0 Å². The van der Waals surface area contributed by atoms with E-state index in [0.717, 1.165) is 5.56 Å². The molecule has 7 nitrogen and oxygen atoms in total. The topological polar surface area (TPSA) is 94.9 Å². The summed E-state index contributed by atoms with van der Waals surface area (Å²) in [6, 6.07) is 1.57. The van der Waals surface area contributed by atoms with E-state index in [1.165, 1.54) is 0 Å². The number of amidine groups is 1. The number of aromatic nitrogens is 1. The lowest BCUT2D eigenvalue weighted by Crippen LogP contribution is -2.41. The van der Waals surface area contributed by atoms with E-state index in [0.29, 0.717) is 6.54 Å². The molecule has 1 aliphatic rings. The van der Waals surface area contributed by atoms with E-state index in [9.17, 15) is 14.7 Å². The van der Waals surface area contributed by atoms with Crippen molar-refractivity contribution in [1.29, 1.82) is 0 Å². The lowest BCUT2D eigenvalue weighted by atomic mass is 9.89. The van der Waals surface area contributed by atoms with Crippen LogP contribution in [0, 0.1) is 5.92 Å². The molecule has 1 unspecified atom stereocenters. The number of nitrogens with zero attached hydrogens (tertiary/aromatic N) is 3. The quantitative estimate of drug-likeness (QED) is 0.848. The Morgan fingerprint density at radius 1 is 1.43 bits per heavy atom. The van der Waals surface area contributed by atoms with Crippen molar-refractivity contribution < 1.29 is 14.7 Å². The third kappa shape index (κ3) is 3.24. The van der Waals surface area contributed by atoms with Crippen LogP contribution in [0.4, 0.5) is 0 Å². The molecule has 0 fully saturated rings. The number of carbonyl (C=O) groups excluding carboxylic acids is 1. The summed E-state index contributed by atoms with van der Waals surface area (Å²) in [7, 11) is 3.79. The molecule has 1 aromatic heterocycles. The van der Waals surface area contributed by atoms with Gasteiger partial charge in [-0.25, -0.2) is 9.79 Å². The van der Waals surface area contributed by atoms with Crippen molar-refractivity contribution in [2.75, 3.05) is 14.1 Å². The minimum Gasteiger partial charge on any atom is -0.478 e. The van der Waals surface area contributed by atoms with E-state index in [-0.39, 0.29) is 28.9 Å². The number of aromatic carboxylic acids is 1. The first-order chi connectivity index (χ1) is 10.6. The first-order valence-corrected chi connectivity index (χ1v) is 7.43. The molecule has 1 amide bonds. The SMILES string of the molecule is CC(C)C1(C)N=C(c2ncc(CN(C)C)cc2C(=O)O)NC1=O. The van der Waals surface area contributed by atoms with Gasteiger partial charge in [-0.05, 0) is 38.6 Å². The number of hydrogen-bond donors (Lipinski definition) is 2. The number of pyridine rings is 1. The van der Waals surface area contributed by atoms with Gasteiger partial charge in [-0.15, -0.1) is 0 Å². The highest BCUT2D eigenvalue weighted by atomic mass is 16.4. The molecule has 1 aromatic rings. The Kier molecular flexibility index (Phi) is 4.51. The molecular formula is C16H22N4O3. The van der Waals surface area contributed by atoms with E-state index >= 15 is 0 Å². The Morgan fingerprint density at radius 3 is 2.57 bits per heavy atom. The molecule has 0 saturated heterocycles. The molecule has 0 aromatic carbocycles. The zero-order valence-corrected chi connectivity index (χ0v) is 14.0. The molecule has 7 heteroatoms. The second-order valence-corrected chi connectivity index (χ2v) is 6.50. The van der Waals surface area contributed by atoms with Gasteiger partial charge in [0.15, 0.2) is 5.84 Å². The summed E-state index contributed by atoms with van der Waals surface area (Å²) in [5.41, 5.74) is 0.108. The Labute approximate surface area is 135 Å². The maximum atomic E-state index is 12.2. The number of carboxylic acid groups (broad SMARTS) is 1. The Balaban J connectivity index is 2.48. The van der Waals surface area contributed by atoms with Gasteiger partial charge in [-0.3, -0.25) is 9.78 Å². The van der Waals surface area contributed by atoms with Crippen LogP contribution in [0.3, 0.4) is 0 Å². The number of nitrogens with one attached hydrogen (secondary N) is 1. The highest BCUT2D eigenvalue weighted by molar-refractivity contribution is 6.17. The third-order valence-electron chi connectivity index (χ3n) is 4.06. The van der Waals surface area contributed by atoms with Crippen LogP contribution in [0.1, 0.15) is 42.4 Å². The number of amides is 1. The first-order valence-electron chi connectivity index (χ1n) is 7.43. The van der Waals surface area contributed by atoms with Gasteiger partial charge in [0, 0.05) is 12.7 Å². The molecule has 0 bridgehead atoms. The largest absolute Gasteiger partial charge is 0.478 e. The number of hydrogen-bond acceptors (Lipinski definition) is 5. The van der Waals surface area contributed by atoms with Gasteiger partial charge in [0.25, 0.3) is 5.91 Å². The molecule has 0 spiro atoms. The minimum absolute atomic E-state index is 0.0127. The monoisotopic (exact) mass is 318 g/mol. The second kappa shape index (κ2) is 6.08. The van der Waals surface area contributed by atoms with Crippen LogP contribution in [0.15, 0.2) is 17.3 Å². The maximum Gasteiger partial charge on any atom is 0.338 e. The number of rotatable bonds is 5. The summed E-state index contributed by atoms with van der Waals surface area (Å²) in [5, 5.41) is 12.1. The molecule has 0 saturated carbocycles. The average molecular weight is 318 g/mol. The normalized spacial score (nSPS) is 20.8. The van der Waals surface area contributed by atoms with E-state index < -0.39 is 11.5 Å². The Morgan fingerprint density at radius 2 is 2.09 bits per heavy atom. The molecular weight excluding hydrogens is 296 g/mol. The third-order valence-corrected chi connectivity index (χ3v) is 4.06. The van der Waals surface area contributed by atoms with Crippen LogP contribution < -0.4 is 5.32 Å². The molecule has 0 radical (unpaired) electrons. The van der Waals surface area contributed by atoms with E-state index in [1.54, 1.807) is 19.2 Å². The first kappa shape index (κ1) is 17.1. The van der Waals surface area contributed by atoms with Crippen LogP contribution in [-0.2, 0) is 11.3 Å². The van der Waals surface area contributed by atoms with Crippen molar-refractivity contribution in [1.82, 2.24) is 15.2 Å². The van der Waals surface area contributed by atoms with E-state index in [2.05, 4.69) is 15.3 Å². The summed E-state index contributed by atoms with van der Waals surface area (Å²) in [6.07, 6.45) is 1.61. The van der Waals surface area contributed by atoms with Crippen molar-refractivity contribution >= 4 is 17.7 Å². The van der Waals surface area contributed by atoms with Gasteiger partial charge in [-0.2, -0.15) is 0 Å². The Hall–Kier alpha value is -2.28. The van der Waals surface area contributed by atoms with Gasteiger partial charge in [0.2, 0.25) is 0 Å². The molecule has 2 rings (SSSR count). The molecule has 23 heavy (non-hydrogen) atoms. The smallest absolute Gasteiger partial charge is 0.338 e. The Bertz CT molecular complexity index is 682. The predicted octanol–water partition coefficient (Wildman–Crippen LogP) is 1.13. The summed E-state index contributed by atoms with van der Waals surface area (Å²) in [6.45, 7) is 6.12. The predicted molar refractivity (Wildman–Crippen MR) is 86.5 cm³/mol. The fourth-order valence-corrected chi connectivity index (χ4v) is 2.36. The molecule has 2 N–H and O–H groups in total. The number of carbonyl (C=O) groups is 2. The minimum atomic E-state index is -1.09. The highest BCUT2D eigenvalue weighted by Gasteiger charge is 2.43. The van der Waals surface area contributed by atoms with Gasteiger partial charge in [0.1, 0.15) is 11.2 Å². The van der Waals surface area contributed by atoms with Gasteiger partial charge < -0.3 is 15.3 Å². The van der Waals surface area contributed by atoms with Crippen molar-refractivity contribution in [2.45, 2.75) is 32.9 Å². The van der Waals surface area contributed by atoms with Crippen LogP contribution in [0.25, 0.3) is 0 Å². The summed E-state index contributed by atoms with van der Waals surface area (Å²) in [5.74, 6) is -1.12. The van der Waals surface area contributed by atoms with Gasteiger partial charge in [0.05, 0.1) is 5.56 Å². The van der Waals surface area contributed by atoms with Gasteiger partial charge in [-0.1, -0.05) is 13.8 Å². The summed E-state index contributed by atoms with van der Waals surface area (Å²) < 4.78 is 0. The van der Waals surface area contributed by atoms with Crippen LogP contribution in [0.5, 0.6) is 0 Å². The summed E-state index contributed by atoms with van der Waals surface area (Å²) in [4.78, 5) is 34.4. The average Bonchev–Trinajstić information content (AvgIpc) is 2.75. The number of carboxylic acids is 1. The molecule has 1 aliphatic heterocycles. The fourth-order valence-electron chi connectivity index (χ4n) is 2.36. The zero-order valence-electron chi connectivity index (χ0n) is 14.0. The van der Waals surface area contributed by atoms with Crippen LogP contribution >= 0.6 is 0 Å².